The third-order valence-corrected chi connectivity index (χ3v) is 1.50. The average Bonchev–Trinajstić information content (AvgIpc) is 2.06. The van der Waals surface area contributed by atoms with Crippen LogP contribution in [-0.4, -0.2) is 10.8 Å². The second-order valence-corrected chi connectivity index (χ2v) is 2.39. The zero-order valence-corrected chi connectivity index (χ0v) is 6.58. The number of carbonyl (C=O) groups is 1. The summed E-state index contributed by atoms with van der Waals surface area (Å²) >= 11 is 0. The number of Topliss-reactive ketones (excluding diaryl/α,β-unsaturated/α-hetero) is 1. The largest absolute Gasteiger partial charge is 0.299 e. The van der Waals surface area contributed by atoms with Crippen LogP contribution in [-0.2, 0) is 11.2 Å². The van der Waals surface area contributed by atoms with Crippen LogP contribution in [0.4, 0.5) is 0 Å². The molecule has 0 saturated carbocycles. The SMILES string of the molecule is CCC(=O)Cc1ccccn1. The van der Waals surface area contributed by atoms with Crippen molar-refractivity contribution in [2.45, 2.75) is 19.8 Å². The molecule has 0 radical (unpaired) electrons. The number of hydrogen-bond acceptors (Lipinski definition) is 2. The van der Waals surface area contributed by atoms with E-state index in [1.54, 1.807) is 6.20 Å². The highest BCUT2D eigenvalue weighted by molar-refractivity contribution is 5.80. The van der Waals surface area contributed by atoms with Gasteiger partial charge in [-0.2, -0.15) is 0 Å². The molecule has 0 spiro atoms. The van der Waals surface area contributed by atoms with Crippen LogP contribution in [0.25, 0.3) is 0 Å². The van der Waals surface area contributed by atoms with E-state index in [4.69, 9.17) is 0 Å². The lowest BCUT2D eigenvalue weighted by Crippen LogP contribution is -2.01. The van der Waals surface area contributed by atoms with Crippen molar-refractivity contribution in [2.75, 3.05) is 0 Å². The Labute approximate surface area is 66.3 Å². The van der Waals surface area contributed by atoms with Gasteiger partial charge < -0.3 is 0 Å². The summed E-state index contributed by atoms with van der Waals surface area (Å²) in [5.74, 6) is 0.240. The van der Waals surface area contributed by atoms with Gasteiger partial charge in [0, 0.05) is 24.7 Å². The van der Waals surface area contributed by atoms with Crippen molar-refractivity contribution in [1.82, 2.24) is 4.98 Å². The van der Waals surface area contributed by atoms with Gasteiger partial charge in [-0.25, -0.2) is 0 Å². The molecule has 0 aliphatic heterocycles. The highest BCUT2D eigenvalue weighted by atomic mass is 16.1. The van der Waals surface area contributed by atoms with Gasteiger partial charge in [-0.15, -0.1) is 0 Å². The summed E-state index contributed by atoms with van der Waals surface area (Å²) in [6.07, 6.45) is 2.77. The summed E-state index contributed by atoms with van der Waals surface area (Å²) in [6.45, 7) is 1.87. The Kier molecular flexibility index (Phi) is 2.78. The first-order valence-corrected chi connectivity index (χ1v) is 3.74. The van der Waals surface area contributed by atoms with E-state index in [1.165, 1.54) is 0 Å². The highest BCUT2D eigenvalue weighted by Crippen LogP contribution is 1.96. The molecule has 0 aliphatic rings. The first-order chi connectivity index (χ1) is 5.33. The van der Waals surface area contributed by atoms with Gasteiger partial charge in [0.15, 0.2) is 0 Å². The summed E-state index contributed by atoms with van der Waals surface area (Å²) < 4.78 is 0. The standard InChI is InChI=1S/C9H11NO/c1-2-9(11)7-8-5-3-4-6-10-8/h3-6H,2,7H2,1H3. The van der Waals surface area contributed by atoms with Crippen molar-refractivity contribution in [3.05, 3.63) is 30.1 Å². The summed E-state index contributed by atoms with van der Waals surface area (Å²) in [6, 6.07) is 5.61. The highest BCUT2D eigenvalue weighted by Gasteiger charge is 1.99. The van der Waals surface area contributed by atoms with Crippen molar-refractivity contribution < 1.29 is 4.79 Å². The van der Waals surface area contributed by atoms with Crippen molar-refractivity contribution >= 4 is 5.78 Å². The quantitative estimate of drug-likeness (QED) is 0.653. The number of hydrogen-bond donors (Lipinski definition) is 0. The molecule has 11 heavy (non-hydrogen) atoms. The van der Waals surface area contributed by atoms with Gasteiger partial charge in [-0.1, -0.05) is 13.0 Å². The van der Waals surface area contributed by atoms with E-state index in [0.29, 0.717) is 12.8 Å². The van der Waals surface area contributed by atoms with Gasteiger partial charge in [0.1, 0.15) is 5.78 Å². The average molecular weight is 149 g/mol. The van der Waals surface area contributed by atoms with Gasteiger partial charge in [0.2, 0.25) is 0 Å². The topological polar surface area (TPSA) is 30.0 Å². The van der Waals surface area contributed by atoms with Crippen molar-refractivity contribution in [2.24, 2.45) is 0 Å². The van der Waals surface area contributed by atoms with Crippen LogP contribution in [0, 0.1) is 0 Å². The molecule has 2 heteroatoms. The lowest BCUT2D eigenvalue weighted by Gasteiger charge is -1.95. The van der Waals surface area contributed by atoms with Gasteiger partial charge in [0.25, 0.3) is 0 Å². The second-order valence-electron chi connectivity index (χ2n) is 2.39. The van der Waals surface area contributed by atoms with Gasteiger partial charge in [-0.3, -0.25) is 9.78 Å². The molecule has 0 amide bonds. The number of carbonyl (C=O) groups excluding carboxylic acids is 1. The Bertz CT molecular complexity index is 231. The van der Waals surface area contributed by atoms with E-state index in [-0.39, 0.29) is 5.78 Å². The summed E-state index contributed by atoms with van der Waals surface area (Å²) in [5, 5.41) is 0. The van der Waals surface area contributed by atoms with E-state index in [2.05, 4.69) is 4.98 Å². The zero-order valence-electron chi connectivity index (χ0n) is 6.58. The first-order valence-electron chi connectivity index (χ1n) is 3.74. The second kappa shape index (κ2) is 3.86. The maximum Gasteiger partial charge on any atom is 0.138 e. The monoisotopic (exact) mass is 149 g/mol. The molecule has 0 saturated heterocycles. The molecule has 1 aromatic heterocycles. The van der Waals surface area contributed by atoms with E-state index >= 15 is 0 Å². The summed E-state index contributed by atoms with van der Waals surface area (Å²) in [5.41, 5.74) is 0.861. The molecule has 58 valence electrons. The van der Waals surface area contributed by atoms with E-state index < -0.39 is 0 Å². The molecular weight excluding hydrogens is 138 g/mol. The van der Waals surface area contributed by atoms with Crippen LogP contribution >= 0.6 is 0 Å². The molecule has 0 unspecified atom stereocenters. The number of pyridine rings is 1. The minimum atomic E-state index is 0.240. The first kappa shape index (κ1) is 7.92. The summed E-state index contributed by atoms with van der Waals surface area (Å²) in [4.78, 5) is 15.0. The fourth-order valence-electron chi connectivity index (χ4n) is 0.830. The predicted octanol–water partition coefficient (Wildman–Crippen LogP) is 1.60. The van der Waals surface area contributed by atoms with E-state index in [1.807, 2.05) is 25.1 Å². The molecule has 0 aliphatic carbocycles. The molecule has 0 N–H and O–H groups in total. The molecule has 1 aromatic rings. The molecule has 0 atom stereocenters. The fraction of sp³-hybridized carbons (Fsp3) is 0.333. The Morgan fingerprint density at radius 2 is 2.36 bits per heavy atom. The molecule has 1 rings (SSSR count). The number of nitrogens with zero attached hydrogens (tertiary/aromatic N) is 1. The molecule has 0 fully saturated rings. The van der Waals surface area contributed by atoms with Gasteiger partial charge in [-0.05, 0) is 12.1 Å². The van der Waals surface area contributed by atoms with Gasteiger partial charge in [0.05, 0.1) is 0 Å². The third kappa shape index (κ3) is 2.50. The van der Waals surface area contributed by atoms with Crippen LogP contribution in [0.2, 0.25) is 0 Å². The Hall–Kier alpha value is -1.18. The number of rotatable bonds is 3. The van der Waals surface area contributed by atoms with Crippen LogP contribution < -0.4 is 0 Å². The Balaban J connectivity index is 2.58. The summed E-state index contributed by atoms with van der Waals surface area (Å²) in [7, 11) is 0. The van der Waals surface area contributed by atoms with Crippen molar-refractivity contribution in [1.29, 1.82) is 0 Å². The molecule has 0 bridgehead atoms. The molecule has 0 aromatic carbocycles. The van der Waals surface area contributed by atoms with E-state index in [0.717, 1.165) is 5.69 Å². The van der Waals surface area contributed by atoms with E-state index in [9.17, 15) is 4.79 Å². The van der Waals surface area contributed by atoms with Crippen molar-refractivity contribution in [3.8, 4) is 0 Å². The van der Waals surface area contributed by atoms with Crippen LogP contribution in [0.5, 0.6) is 0 Å². The maximum absolute atomic E-state index is 10.9. The fourth-order valence-corrected chi connectivity index (χ4v) is 0.830. The molecular formula is C9H11NO. The lowest BCUT2D eigenvalue weighted by atomic mass is 10.2. The zero-order chi connectivity index (χ0) is 8.10. The van der Waals surface area contributed by atoms with Crippen LogP contribution in [0.15, 0.2) is 24.4 Å². The normalized spacial score (nSPS) is 9.55. The maximum atomic E-state index is 10.9. The Morgan fingerprint density at radius 1 is 1.55 bits per heavy atom. The minimum Gasteiger partial charge on any atom is -0.299 e. The molecule has 2 nitrogen and oxygen atoms in total. The van der Waals surface area contributed by atoms with Gasteiger partial charge >= 0.3 is 0 Å². The molecule has 1 heterocycles. The van der Waals surface area contributed by atoms with Crippen LogP contribution in [0.1, 0.15) is 19.0 Å². The van der Waals surface area contributed by atoms with Crippen LogP contribution in [0.3, 0.4) is 0 Å². The third-order valence-electron chi connectivity index (χ3n) is 1.50. The number of aromatic nitrogens is 1. The minimum absolute atomic E-state index is 0.240. The Morgan fingerprint density at radius 3 is 2.91 bits per heavy atom. The predicted molar refractivity (Wildman–Crippen MR) is 43.2 cm³/mol. The van der Waals surface area contributed by atoms with Crippen molar-refractivity contribution in [3.63, 3.8) is 0 Å². The lowest BCUT2D eigenvalue weighted by molar-refractivity contribution is -0.118. The number of ketones is 1. The smallest absolute Gasteiger partial charge is 0.138 e.